The molecular weight excluding hydrogens is 218 g/mol. The first-order valence-electron chi connectivity index (χ1n) is 4.28. The lowest BCUT2D eigenvalue weighted by Gasteiger charge is -2.19. The Bertz CT molecular complexity index is 272. The molecule has 0 heterocycles. The van der Waals surface area contributed by atoms with Crippen LogP contribution in [0, 0.1) is 11.3 Å². The molecule has 0 aliphatic carbocycles. The number of carboxylic acid groups (broad SMARTS) is 1. The fourth-order valence-electron chi connectivity index (χ4n) is 0.799. The highest BCUT2D eigenvalue weighted by Gasteiger charge is 2.26. The fraction of sp³-hybridized carbons (Fsp3) is 0.667. The van der Waals surface area contributed by atoms with Crippen LogP contribution in [0.5, 0.6) is 0 Å². The minimum absolute atomic E-state index is 0.00336. The predicted molar refractivity (Wildman–Crippen MR) is 61.4 cm³/mol. The number of nitriles is 1. The van der Waals surface area contributed by atoms with E-state index in [0.29, 0.717) is 6.42 Å². The molecule has 14 heavy (non-hydrogen) atoms. The Morgan fingerprint density at radius 2 is 2.29 bits per heavy atom. The molecule has 1 atom stereocenters. The number of hydrogen-bond acceptors (Lipinski definition) is 4. The number of rotatable bonds is 5. The van der Waals surface area contributed by atoms with Gasteiger partial charge in [-0.25, -0.2) is 0 Å². The zero-order valence-corrected chi connectivity index (χ0v) is 9.87. The van der Waals surface area contributed by atoms with E-state index in [0.717, 1.165) is 10.6 Å². The summed E-state index contributed by atoms with van der Waals surface area (Å²) in [5, 5.41) is 17.4. The van der Waals surface area contributed by atoms with Crippen molar-refractivity contribution in [2.75, 3.05) is 0 Å². The number of thioether (sulfide) groups is 1. The number of hydrogen-bond donors (Lipinski definition) is 1. The molecule has 5 heteroatoms. The number of thiocarbonyl (C=S) groups is 1. The van der Waals surface area contributed by atoms with E-state index >= 15 is 0 Å². The Labute approximate surface area is 93.5 Å². The second kappa shape index (κ2) is 5.99. The summed E-state index contributed by atoms with van der Waals surface area (Å²) in [7, 11) is 0. The highest BCUT2D eigenvalue weighted by Crippen LogP contribution is 2.31. The predicted octanol–water partition coefficient (Wildman–Crippen LogP) is 2.60. The molecule has 0 aromatic rings. The standard InChI is InChI=1S/C9H13NO2S2/c1-3-8(13)14-9(2,6-10)5-4-7(11)12/h3-5H2,1-2H3,(H,11,12). The van der Waals surface area contributed by atoms with Gasteiger partial charge in [0.2, 0.25) is 0 Å². The Balaban J connectivity index is 4.27. The van der Waals surface area contributed by atoms with E-state index in [1.807, 2.05) is 6.92 Å². The summed E-state index contributed by atoms with van der Waals surface area (Å²) in [6.07, 6.45) is 1.05. The first-order valence-corrected chi connectivity index (χ1v) is 5.51. The lowest BCUT2D eigenvalue weighted by atomic mass is 10.1. The van der Waals surface area contributed by atoms with Crippen LogP contribution in [-0.2, 0) is 4.79 Å². The van der Waals surface area contributed by atoms with Crippen molar-refractivity contribution in [1.82, 2.24) is 0 Å². The quantitative estimate of drug-likeness (QED) is 0.737. The van der Waals surface area contributed by atoms with Gasteiger partial charge in [0.1, 0.15) is 4.75 Å². The maximum absolute atomic E-state index is 10.4. The Hall–Kier alpha value is -0.600. The molecule has 1 unspecified atom stereocenters. The van der Waals surface area contributed by atoms with Crippen molar-refractivity contribution in [3.05, 3.63) is 0 Å². The van der Waals surface area contributed by atoms with Crippen molar-refractivity contribution in [2.45, 2.75) is 37.9 Å². The van der Waals surface area contributed by atoms with Crippen LogP contribution in [0.25, 0.3) is 0 Å². The topological polar surface area (TPSA) is 61.1 Å². The van der Waals surface area contributed by atoms with Crippen LogP contribution in [0.4, 0.5) is 0 Å². The summed E-state index contributed by atoms with van der Waals surface area (Å²) in [5.41, 5.74) is 0. The lowest BCUT2D eigenvalue weighted by Crippen LogP contribution is -2.20. The third-order valence-electron chi connectivity index (χ3n) is 1.68. The van der Waals surface area contributed by atoms with Gasteiger partial charge in [0.15, 0.2) is 0 Å². The van der Waals surface area contributed by atoms with E-state index < -0.39 is 10.7 Å². The van der Waals surface area contributed by atoms with Crippen LogP contribution >= 0.6 is 24.0 Å². The van der Waals surface area contributed by atoms with Crippen molar-refractivity contribution in [2.24, 2.45) is 0 Å². The van der Waals surface area contributed by atoms with Gasteiger partial charge in [-0.05, 0) is 19.8 Å². The van der Waals surface area contributed by atoms with Gasteiger partial charge in [0, 0.05) is 10.6 Å². The van der Waals surface area contributed by atoms with Crippen LogP contribution in [0.1, 0.15) is 33.1 Å². The van der Waals surface area contributed by atoms with Crippen LogP contribution in [0.15, 0.2) is 0 Å². The molecule has 0 amide bonds. The highest BCUT2D eigenvalue weighted by molar-refractivity contribution is 8.24. The van der Waals surface area contributed by atoms with Gasteiger partial charge < -0.3 is 5.11 Å². The molecule has 0 aromatic heterocycles. The fourth-order valence-corrected chi connectivity index (χ4v) is 2.25. The smallest absolute Gasteiger partial charge is 0.303 e. The zero-order chi connectivity index (χ0) is 11.2. The van der Waals surface area contributed by atoms with Crippen molar-refractivity contribution < 1.29 is 9.90 Å². The lowest BCUT2D eigenvalue weighted by molar-refractivity contribution is -0.137. The molecule has 1 N–H and O–H groups in total. The van der Waals surface area contributed by atoms with Gasteiger partial charge >= 0.3 is 5.97 Å². The molecule has 0 saturated heterocycles. The van der Waals surface area contributed by atoms with Gasteiger partial charge in [-0.2, -0.15) is 5.26 Å². The second-order valence-corrected chi connectivity index (χ2v) is 5.41. The number of carbonyl (C=O) groups is 1. The number of carboxylic acids is 1. The van der Waals surface area contributed by atoms with E-state index in [2.05, 4.69) is 6.07 Å². The molecule has 0 aliphatic rings. The van der Waals surface area contributed by atoms with Gasteiger partial charge in [0.05, 0.1) is 6.07 Å². The molecule has 78 valence electrons. The first-order chi connectivity index (χ1) is 6.43. The van der Waals surface area contributed by atoms with E-state index in [-0.39, 0.29) is 6.42 Å². The van der Waals surface area contributed by atoms with Crippen molar-refractivity contribution in [3.63, 3.8) is 0 Å². The summed E-state index contributed by atoms with van der Waals surface area (Å²) < 4.78 is 0.0466. The minimum atomic E-state index is -0.880. The van der Waals surface area contributed by atoms with Crippen molar-refractivity contribution >= 4 is 34.1 Å². The average molecular weight is 231 g/mol. The normalized spacial score (nSPS) is 14.1. The third kappa shape index (κ3) is 5.20. The molecule has 0 rings (SSSR count). The van der Waals surface area contributed by atoms with E-state index in [9.17, 15) is 4.79 Å². The molecule has 0 spiro atoms. The van der Waals surface area contributed by atoms with Crippen molar-refractivity contribution in [1.29, 1.82) is 5.26 Å². The average Bonchev–Trinajstić information content (AvgIpc) is 2.14. The minimum Gasteiger partial charge on any atom is -0.481 e. The first kappa shape index (κ1) is 13.4. The van der Waals surface area contributed by atoms with Crippen LogP contribution in [0.2, 0.25) is 0 Å². The zero-order valence-electron chi connectivity index (χ0n) is 8.24. The molecule has 0 saturated carbocycles. The van der Waals surface area contributed by atoms with Crippen molar-refractivity contribution in [3.8, 4) is 6.07 Å². The number of aliphatic carboxylic acids is 1. The highest BCUT2D eigenvalue weighted by atomic mass is 32.2. The molecular formula is C9H13NO2S2. The Morgan fingerprint density at radius 3 is 2.64 bits per heavy atom. The van der Waals surface area contributed by atoms with Gasteiger partial charge in [-0.3, -0.25) is 4.79 Å². The van der Waals surface area contributed by atoms with E-state index in [4.69, 9.17) is 22.6 Å². The molecule has 3 nitrogen and oxygen atoms in total. The van der Waals surface area contributed by atoms with Gasteiger partial charge in [-0.1, -0.05) is 30.9 Å². The summed E-state index contributed by atoms with van der Waals surface area (Å²) in [6, 6.07) is 2.11. The van der Waals surface area contributed by atoms with Crippen LogP contribution < -0.4 is 0 Å². The largest absolute Gasteiger partial charge is 0.481 e. The van der Waals surface area contributed by atoms with Gasteiger partial charge in [-0.15, -0.1) is 0 Å². The monoisotopic (exact) mass is 231 g/mol. The Kier molecular flexibility index (Phi) is 5.73. The Morgan fingerprint density at radius 1 is 1.71 bits per heavy atom. The van der Waals surface area contributed by atoms with E-state index in [1.165, 1.54) is 11.8 Å². The molecule has 0 radical (unpaired) electrons. The summed E-state index contributed by atoms with van der Waals surface area (Å²) in [5.74, 6) is -0.880. The molecule has 0 bridgehead atoms. The summed E-state index contributed by atoms with van der Waals surface area (Å²) in [6.45, 7) is 3.65. The maximum atomic E-state index is 10.4. The van der Waals surface area contributed by atoms with Crippen LogP contribution in [-0.4, -0.2) is 20.0 Å². The summed E-state index contributed by atoms with van der Waals surface area (Å²) in [4.78, 5) is 10.4. The molecule has 0 fully saturated rings. The van der Waals surface area contributed by atoms with Crippen LogP contribution in [0.3, 0.4) is 0 Å². The third-order valence-corrected chi connectivity index (χ3v) is 3.48. The SMILES string of the molecule is CCC(=S)SC(C)(C#N)CCC(=O)O. The second-order valence-electron chi connectivity index (χ2n) is 3.06. The summed E-state index contributed by atoms with van der Waals surface area (Å²) >= 11 is 6.31. The maximum Gasteiger partial charge on any atom is 0.303 e. The van der Waals surface area contributed by atoms with E-state index in [1.54, 1.807) is 6.92 Å². The molecule has 0 aromatic carbocycles. The molecule has 0 aliphatic heterocycles. The number of nitrogens with zero attached hydrogens (tertiary/aromatic N) is 1. The van der Waals surface area contributed by atoms with Gasteiger partial charge in [0.25, 0.3) is 0 Å².